The number of nitrogen functional groups attached to an aromatic ring is 1. The van der Waals surface area contributed by atoms with Crippen molar-refractivity contribution in [3.63, 3.8) is 0 Å². The lowest BCUT2D eigenvalue weighted by Gasteiger charge is -2.08. The summed E-state index contributed by atoms with van der Waals surface area (Å²) in [6.45, 7) is 3.30. The van der Waals surface area contributed by atoms with Crippen LogP contribution < -0.4 is 10.5 Å². The minimum atomic E-state index is -3.66. The second kappa shape index (κ2) is 4.98. The van der Waals surface area contributed by atoms with Crippen molar-refractivity contribution in [1.29, 1.82) is 0 Å². The third-order valence-electron chi connectivity index (χ3n) is 2.48. The highest BCUT2D eigenvalue weighted by molar-refractivity contribution is 7.89. The van der Waals surface area contributed by atoms with Crippen molar-refractivity contribution in [2.75, 3.05) is 5.73 Å². The first-order chi connectivity index (χ1) is 8.88. The average Bonchev–Trinajstić information content (AvgIpc) is 2.76. The van der Waals surface area contributed by atoms with E-state index in [-0.39, 0.29) is 17.3 Å². The van der Waals surface area contributed by atoms with Crippen molar-refractivity contribution >= 4 is 15.7 Å². The number of rotatable bonds is 4. The van der Waals surface area contributed by atoms with Crippen LogP contribution in [0.25, 0.3) is 0 Å². The number of aryl methyl sites for hydroxylation is 2. The van der Waals surface area contributed by atoms with E-state index in [1.165, 1.54) is 6.07 Å². The highest BCUT2D eigenvalue weighted by Crippen LogP contribution is 2.18. The Bertz CT molecular complexity index is 694. The van der Waals surface area contributed by atoms with Gasteiger partial charge in [0.2, 0.25) is 15.9 Å². The van der Waals surface area contributed by atoms with E-state index in [2.05, 4.69) is 14.9 Å². The first kappa shape index (κ1) is 13.5. The lowest BCUT2D eigenvalue weighted by Crippen LogP contribution is -2.24. The zero-order valence-corrected chi connectivity index (χ0v) is 11.4. The Labute approximate surface area is 110 Å². The van der Waals surface area contributed by atoms with Gasteiger partial charge in [0.05, 0.1) is 11.4 Å². The fourth-order valence-electron chi connectivity index (χ4n) is 1.55. The molecule has 0 spiro atoms. The summed E-state index contributed by atoms with van der Waals surface area (Å²) in [5, 5.41) is 3.58. The summed E-state index contributed by atoms with van der Waals surface area (Å²) < 4.78 is 31.5. The Kier molecular flexibility index (Phi) is 3.54. The van der Waals surface area contributed by atoms with Gasteiger partial charge in [0.1, 0.15) is 0 Å². The molecule has 0 saturated heterocycles. The molecule has 8 heteroatoms. The van der Waals surface area contributed by atoms with Gasteiger partial charge in [-0.2, -0.15) is 4.98 Å². The molecule has 1 aromatic heterocycles. The molecular weight excluding hydrogens is 268 g/mol. The molecule has 19 heavy (non-hydrogen) atoms. The van der Waals surface area contributed by atoms with E-state index >= 15 is 0 Å². The third-order valence-corrected chi connectivity index (χ3v) is 4.03. The van der Waals surface area contributed by atoms with Gasteiger partial charge in [-0.25, -0.2) is 13.1 Å². The minimum Gasteiger partial charge on any atom is -0.399 e. The van der Waals surface area contributed by atoms with Gasteiger partial charge in [-0.1, -0.05) is 11.2 Å². The van der Waals surface area contributed by atoms with Crippen LogP contribution in [0.3, 0.4) is 0 Å². The van der Waals surface area contributed by atoms with Crippen LogP contribution in [-0.2, 0) is 16.6 Å². The van der Waals surface area contributed by atoms with Crippen molar-refractivity contribution in [2.45, 2.75) is 25.3 Å². The SMILES string of the molecule is Cc1noc(CNS(=O)(=O)c2cc(N)ccc2C)n1. The molecule has 7 nitrogen and oxygen atoms in total. The first-order valence-corrected chi connectivity index (χ1v) is 7.02. The van der Waals surface area contributed by atoms with Gasteiger partial charge in [0.15, 0.2) is 5.82 Å². The van der Waals surface area contributed by atoms with Crippen LogP contribution in [0.5, 0.6) is 0 Å². The van der Waals surface area contributed by atoms with Crippen LogP contribution in [0, 0.1) is 13.8 Å². The van der Waals surface area contributed by atoms with E-state index in [9.17, 15) is 8.42 Å². The maximum Gasteiger partial charge on any atom is 0.241 e. The number of hydrogen-bond acceptors (Lipinski definition) is 6. The van der Waals surface area contributed by atoms with Crippen molar-refractivity contribution in [3.05, 3.63) is 35.5 Å². The Balaban J connectivity index is 2.20. The van der Waals surface area contributed by atoms with Gasteiger partial charge >= 0.3 is 0 Å². The van der Waals surface area contributed by atoms with Gasteiger partial charge in [-0.15, -0.1) is 0 Å². The molecule has 0 fully saturated rings. The summed E-state index contributed by atoms with van der Waals surface area (Å²) >= 11 is 0. The van der Waals surface area contributed by atoms with Crippen LogP contribution in [0.1, 0.15) is 17.3 Å². The van der Waals surface area contributed by atoms with Crippen molar-refractivity contribution in [3.8, 4) is 0 Å². The van der Waals surface area contributed by atoms with E-state index in [1.807, 2.05) is 0 Å². The summed E-state index contributed by atoms with van der Waals surface area (Å²) in [6, 6.07) is 4.72. The van der Waals surface area contributed by atoms with Crippen LogP contribution in [0.15, 0.2) is 27.6 Å². The summed E-state index contributed by atoms with van der Waals surface area (Å²) in [5.74, 6) is 0.664. The summed E-state index contributed by atoms with van der Waals surface area (Å²) in [5.41, 5.74) is 6.60. The molecular formula is C11H14N4O3S. The Morgan fingerprint density at radius 1 is 1.37 bits per heavy atom. The number of anilines is 1. The summed E-state index contributed by atoms with van der Waals surface area (Å²) in [6.07, 6.45) is 0. The highest BCUT2D eigenvalue weighted by Gasteiger charge is 2.18. The monoisotopic (exact) mass is 282 g/mol. The number of sulfonamides is 1. The molecule has 0 bridgehead atoms. The molecule has 1 aromatic carbocycles. The standard InChI is InChI=1S/C11H14N4O3S/c1-7-3-4-9(12)5-10(7)19(16,17)13-6-11-14-8(2)15-18-11/h3-5,13H,6,12H2,1-2H3. The fourth-order valence-corrected chi connectivity index (χ4v) is 2.80. The number of hydrogen-bond donors (Lipinski definition) is 2. The highest BCUT2D eigenvalue weighted by atomic mass is 32.2. The number of nitrogens with two attached hydrogens (primary N) is 1. The summed E-state index contributed by atoms with van der Waals surface area (Å²) in [7, 11) is -3.66. The Morgan fingerprint density at radius 2 is 2.11 bits per heavy atom. The minimum absolute atomic E-state index is 0.0581. The summed E-state index contributed by atoms with van der Waals surface area (Å²) in [4.78, 5) is 4.06. The predicted molar refractivity (Wildman–Crippen MR) is 68.7 cm³/mol. The quantitative estimate of drug-likeness (QED) is 0.800. The second-order valence-electron chi connectivity index (χ2n) is 4.08. The average molecular weight is 282 g/mol. The van der Waals surface area contributed by atoms with Crippen LogP contribution >= 0.6 is 0 Å². The number of nitrogens with one attached hydrogen (secondary N) is 1. The van der Waals surface area contributed by atoms with Crippen molar-refractivity contribution in [2.24, 2.45) is 0 Å². The molecule has 2 aromatic rings. The molecule has 0 unspecified atom stereocenters. The molecule has 0 radical (unpaired) electrons. The zero-order valence-electron chi connectivity index (χ0n) is 10.5. The van der Waals surface area contributed by atoms with Gasteiger partial charge in [0.25, 0.3) is 0 Å². The molecule has 2 rings (SSSR count). The molecule has 1 heterocycles. The van der Waals surface area contributed by atoms with Gasteiger partial charge < -0.3 is 10.3 Å². The number of nitrogens with zero attached hydrogens (tertiary/aromatic N) is 2. The van der Waals surface area contributed by atoms with E-state index < -0.39 is 10.0 Å². The van der Waals surface area contributed by atoms with Gasteiger partial charge in [0, 0.05) is 5.69 Å². The predicted octanol–water partition coefficient (Wildman–Crippen LogP) is 0.747. The maximum atomic E-state index is 12.1. The molecule has 0 aliphatic carbocycles. The molecule has 0 aliphatic heterocycles. The zero-order chi connectivity index (χ0) is 14.0. The normalized spacial score (nSPS) is 11.7. The lowest BCUT2D eigenvalue weighted by atomic mass is 10.2. The fraction of sp³-hybridized carbons (Fsp3) is 0.273. The van der Waals surface area contributed by atoms with Crippen molar-refractivity contribution < 1.29 is 12.9 Å². The van der Waals surface area contributed by atoms with Crippen LogP contribution in [0.2, 0.25) is 0 Å². The maximum absolute atomic E-state index is 12.1. The van der Waals surface area contributed by atoms with Crippen LogP contribution in [-0.4, -0.2) is 18.6 Å². The van der Waals surface area contributed by atoms with E-state index in [4.69, 9.17) is 10.3 Å². The van der Waals surface area contributed by atoms with E-state index in [0.29, 0.717) is 17.1 Å². The Hall–Kier alpha value is -1.93. The molecule has 102 valence electrons. The third kappa shape index (κ3) is 3.09. The molecule has 3 N–H and O–H groups in total. The molecule has 0 atom stereocenters. The van der Waals surface area contributed by atoms with Gasteiger partial charge in [-0.05, 0) is 31.5 Å². The van der Waals surface area contributed by atoms with Gasteiger partial charge in [-0.3, -0.25) is 0 Å². The van der Waals surface area contributed by atoms with Crippen molar-refractivity contribution in [1.82, 2.24) is 14.9 Å². The largest absolute Gasteiger partial charge is 0.399 e. The second-order valence-corrected chi connectivity index (χ2v) is 5.82. The smallest absolute Gasteiger partial charge is 0.241 e. The molecule has 0 aliphatic rings. The number of aromatic nitrogens is 2. The lowest BCUT2D eigenvalue weighted by molar-refractivity contribution is 0.372. The Morgan fingerprint density at radius 3 is 2.74 bits per heavy atom. The number of benzene rings is 1. The van der Waals surface area contributed by atoms with E-state index in [1.54, 1.807) is 26.0 Å². The topological polar surface area (TPSA) is 111 Å². The first-order valence-electron chi connectivity index (χ1n) is 5.53. The molecule has 0 saturated carbocycles. The molecule has 0 amide bonds. The van der Waals surface area contributed by atoms with Crippen LogP contribution in [0.4, 0.5) is 5.69 Å². The van der Waals surface area contributed by atoms with E-state index in [0.717, 1.165) is 0 Å².